The van der Waals surface area contributed by atoms with E-state index in [2.05, 4.69) is 10.4 Å². The molecule has 16 nitrogen and oxygen atoms in total. The number of amides is 1. The summed E-state index contributed by atoms with van der Waals surface area (Å²) in [5.74, 6) is -2.01. The molecule has 0 radical (unpaired) electrons. The Bertz CT molecular complexity index is 1890. The number of carbonyl (C=O) groups excluding carboxylic acids is 3. The van der Waals surface area contributed by atoms with E-state index >= 15 is 0 Å². The second-order valence-electron chi connectivity index (χ2n) is 12.7. The third-order valence-corrected chi connectivity index (χ3v) is 8.51. The molecule has 282 valence electrons. The maximum Gasteiger partial charge on any atom is 0.511 e. The third-order valence-electron chi connectivity index (χ3n) is 7.12. The number of nitrogens with zero attached hydrogens (tertiary/aromatic N) is 5. The second kappa shape index (κ2) is 15.9. The molecule has 2 aromatic carbocycles. The minimum atomic E-state index is -4.72. The molecule has 1 unspecified atom stereocenters. The van der Waals surface area contributed by atoms with Gasteiger partial charge in [0.2, 0.25) is 11.2 Å². The highest BCUT2D eigenvalue weighted by Crippen LogP contribution is 2.33. The van der Waals surface area contributed by atoms with Crippen molar-refractivity contribution in [2.45, 2.75) is 70.4 Å². The first kappa shape index (κ1) is 39.4. The van der Waals surface area contributed by atoms with Crippen LogP contribution in [0.25, 0.3) is 16.9 Å². The van der Waals surface area contributed by atoms with E-state index in [4.69, 9.17) is 19.0 Å². The normalized spacial score (nSPS) is 14.6. The summed E-state index contributed by atoms with van der Waals surface area (Å²) < 4.78 is 84.0. The first-order valence-corrected chi connectivity index (χ1v) is 17.2. The van der Waals surface area contributed by atoms with E-state index in [0.29, 0.717) is 5.56 Å². The van der Waals surface area contributed by atoms with E-state index in [0.717, 1.165) is 28.4 Å². The molecule has 0 saturated carbocycles. The number of benzene rings is 2. The molecule has 0 spiro atoms. The monoisotopic (exact) mass is 754 g/mol. The summed E-state index contributed by atoms with van der Waals surface area (Å²) in [7, 11) is -4.40. The zero-order valence-electron chi connectivity index (χ0n) is 28.7. The van der Waals surface area contributed by atoms with Crippen LogP contribution in [0.3, 0.4) is 0 Å². The van der Waals surface area contributed by atoms with E-state index in [-0.39, 0.29) is 46.9 Å². The lowest BCUT2D eigenvalue weighted by Gasteiger charge is -2.33. The van der Waals surface area contributed by atoms with E-state index < -0.39 is 64.7 Å². The molecule has 20 heteroatoms. The van der Waals surface area contributed by atoms with Gasteiger partial charge in [-0.05, 0) is 58.0 Å². The lowest BCUT2D eigenvalue weighted by molar-refractivity contribution is -0.728. The average molecular weight is 755 g/mol. The minimum Gasteiger partial charge on any atom is -0.569 e. The lowest BCUT2D eigenvalue weighted by atomic mass is 10.0. The number of hydrogen-bond donors (Lipinski definition) is 1. The van der Waals surface area contributed by atoms with Crippen molar-refractivity contribution >= 4 is 28.1 Å². The molecule has 1 amide bonds. The van der Waals surface area contributed by atoms with Crippen molar-refractivity contribution < 1.29 is 60.0 Å². The number of hydrogen-bond acceptors (Lipinski definition) is 12. The number of rotatable bonds is 13. The molecule has 0 aliphatic carbocycles. The maximum absolute atomic E-state index is 13.5. The van der Waals surface area contributed by atoms with Crippen LogP contribution in [0.2, 0.25) is 0 Å². The standard InChI is InChI=1S/C32H37F3N6O10S/c1-20-6-8-23(9-7-20)26-16-27(32(33,34)35)36-40(26)24-10-12-25(13-11-24)52(46,47)37-28(42)14-15-29(43)48-19-22-17-39(18-22)41(45)38-51-21(2)49-30(44)50-31(3,4)5/h6-13,16,21-22H,14-15,17-19H2,1-5H3,(H,37,42)/b41-38+. The first-order chi connectivity index (χ1) is 24.2. The molecular weight excluding hydrogens is 717 g/mol. The fourth-order valence-corrected chi connectivity index (χ4v) is 5.56. The zero-order chi connectivity index (χ0) is 38.4. The van der Waals surface area contributed by atoms with Gasteiger partial charge < -0.3 is 19.4 Å². The van der Waals surface area contributed by atoms with Gasteiger partial charge in [0.25, 0.3) is 16.3 Å². The Morgan fingerprint density at radius 2 is 1.69 bits per heavy atom. The van der Waals surface area contributed by atoms with Crippen molar-refractivity contribution in [3.63, 3.8) is 0 Å². The van der Waals surface area contributed by atoms with Gasteiger partial charge in [0.15, 0.2) is 5.69 Å². The highest BCUT2D eigenvalue weighted by atomic mass is 32.2. The number of alkyl halides is 3. The molecule has 4 rings (SSSR count). The van der Waals surface area contributed by atoms with Crippen molar-refractivity contribution in [2.24, 2.45) is 11.2 Å². The third kappa shape index (κ3) is 11.0. The molecule has 2 heterocycles. The summed E-state index contributed by atoms with van der Waals surface area (Å²) in [5.41, 5.74) is -0.296. The average Bonchev–Trinajstić information content (AvgIpc) is 3.48. The summed E-state index contributed by atoms with van der Waals surface area (Å²) in [5, 5.41) is 20.2. The van der Waals surface area contributed by atoms with Gasteiger partial charge in [-0.15, -0.1) is 5.01 Å². The van der Waals surface area contributed by atoms with Crippen LogP contribution in [-0.2, 0) is 44.8 Å². The van der Waals surface area contributed by atoms with Gasteiger partial charge in [-0.1, -0.05) is 29.8 Å². The number of sulfonamides is 1. The number of carbonyl (C=O) groups is 3. The quantitative estimate of drug-likeness (QED) is 0.0805. The SMILES string of the molecule is Cc1ccc(-c2cc(C(F)(F)F)nn2-c2ccc(S(=O)(=O)NC(=O)CCC(=O)OCC3CN(/[N+]([O-])=N\OC(C)OC(=O)OC(C)(C)C)C3)cc2)cc1. The second-order valence-corrected chi connectivity index (χ2v) is 14.4. The molecule has 1 aliphatic heterocycles. The van der Waals surface area contributed by atoms with E-state index in [1.807, 2.05) is 11.6 Å². The number of nitrogens with one attached hydrogen (secondary N) is 1. The summed E-state index contributed by atoms with van der Waals surface area (Å²) in [6.07, 6.45) is -7.89. The Kier molecular flexibility index (Phi) is 12.0. The van der Waals surface area contributed by atoms with Gasteiger partial charge in [-0.3, -0.25) is 14.4 Å². The number of halogens is 3. The Hall–Kier alpha value is -5.40. The molecule has 1 atom stereocenters. The minimum absolute atomic E-state index is 0.0825. The van der Waals surface area contributed by atoms with E-state index in [1.54, 1.807) is 45.0 Å². The molecule has 1 fully saturated rings. The number of aromatic nitrogens is 2. The highest BCUT2D eigenvalue weighted by molar-refractivity contribution is 7.90. The number of hydrazine groups is 1. The molecular formula is C32H37F3N6O10S. The van der Waals surface area contributed by atoms with E-state index in [1.165, 1.54) is 24.1 Å². The van der Waals surface area contributed by atoms with Crippen molar-refractivity contribution in [1.82, 2.24) is 19.5 Å². The van der Waals surface area contributed by atoms with Crippen LogP contribution in [-0.4, -0.2) is 77.8 Å². The smallest absolute Gasteiger partial charge is 0.511 e. The number of ether oxygens (including phenoxy) is 3. The number of esters is 1. The van der Waals surface area contributed by atoms with Crippen LogP contribution in [0.4, 0.5) is 18.0 Å². The van der Waals surface area contributed by atoms with Crippen molar-refractivity contribution in [2.75, 3.05) is 19.7 Å². The van der Waals surface area contributed by atoms with Crippen LogP contribution in [0.1, 0.15) is 51.8 Å². The van der Waals surface area contributed by atoms with Gasteiger partial charge in [-0.25, -0.2) is 22.6 Å². The van der Waals surface area contributed by atoms with Crippen LogP contribution in [0.5, 0.6) is 0 Å². The van der Waals surface area contributed by atoms with E-state index in [9.17, 15) is 41.2 Å². The van der Waals surface area contributed by atoms with Gasteiger partial charge in [0, 0.05) is 24.8 Å². The van der Waals surface area contributed by atoms with Crippen molar-refractivity contribution in [1.29, 1.82) is 0 Å². The van der Waals surface area contributed by atoms with Gasteiger partial charge in [-0.2, -0.15) is 18.3 Å². The maximum atomic E-state index is 13.5. The van der Waals surface area contributed by atoms with Gasteiger partial charge in [0.05, 0.1) is 47.4 Å². The van der Waals surface area contributed by atoms with Crippen LogP contribution < -0.4 is 4.72 Å². The Labute approximate surface area is 296 Å². The van der Waals surface area contributed by atoms with Crippen LogP contribution >= 0.6 is 0 Å². The molecule has 1 N–H and O–H groups in total. The summed E-state index contributed by atoms with van der Waals surface area (Å²) in [6, 6.07) is 12.3. The molecule has 52 heavy (non-hydrogen) atoms. The Morgan fingerprint density at radius 1 is 1.06 bits per heavy atom. The largest absolute Gasteiger partial charge is 0.569 e. The van der Waals surface area contributed by atoms with Crippen LogP contribution in [0, 0.1) is 18.0 Å². The molecule has 0 bridgehead atoms. The van der Waals surface area contributed by atoms with Crippen molar-refractivity contribution in [3.8, 4) is 16.9 Å². The van der Waals surface area contributed by atoms with Gasteiger partial charge in [0.1, 0.15) is 5.60 Å². The molecule has 3 aromatic rings. The first-order valence-electron chi connectivity index (χ1n) is 15.7. The molecule has 1 saturated heterocycles. The fourth-order valence-electron chi connectivity index (χ4n) is 4.55. The Morgan fingerprint density at radius 3 is 2.29 bits per heavy atom. The Balaban J connectivity index is 1.22. The summed E-state index contributed by atoms with van der Waals surface area (Å²) in [4.78, 5) is 40.8. The fraction of sp³-hybridized carbons (Fsp3) is 0.438. The highest BCUT2D eigenvalue weighted by Gasteiger charge is 2.36. The van der Waals surface area contributed by atoms with Crippen molar-refractivity contribution in [3.05, 3.63) is 71.1 Å². The predicted molar refractivity (Wildman–Crippen MR) is 173 cm³/mol. The molecule has 1 aliphatic rings. The summed E-state index contributed by atoms with van der Waals surface area (Å²) in [6.45, 7) is 8.32. The topological polar surface area (TPSA) is 194 Å². The summed E-state index contributed by atoms with van der Waals surface area (Å²) >= 11 is 0. The van der Waals surface area contributed by atoms with Crippen LogP contribution in [0.15, 0.2) is 64.8 Å². The lowest BCUT2D eigenvalue weighted by Crippen LogP contribution is -2.52. The van der Waals surface area contributed by atoms with Gasteiger partial charge >= 0.3 is 18.3 Å². The predicted octanol–water partition coefficient (Wildman–Crippen LogP) is 5.03. The molecule has 1 aromatic heterocycles. The number of aryl methyl sites for hydroxylation is 1. The zero-order valence-corrected chi connectivity index (χ0v) is 29.6.